The van der Waals surface area contributed by atoms with Gasteiger partial charge in [-0.15, -0.1) is 5.10 Å². The molecule has 2 N–H and O–H groups in total. The Labute approximate surface area is 158 Å². The molecule has 26 heavy (non-hydrogen) atoms. The summed E-state index contributed by atoms with van der Waals surface area (Å²) in [6.45, 7) is 2.86. The van der Waals surface area contributed by atoms with Gasteiger partial charge in [-0.2, -0.15) is 5.10 Å². The van der Waals surface area contributed by atoms with E-state index < -0.39 is 0 Å². The van der Waals surface area contributed by atoms with E-state index in [9.17, 15) is 4.39 Å². The molecule has 1 aliphatic heterocycles. The Morgan fingerprint density at radius 3 is 2.69 bits per heavy atom. The Bertz CT molecular complexity index is 771. The quantitative estimate of drug-likeness (QED) is 0.475. The van der Waals surface area contributed by atoms with Crippen molar-refractivity contribution < 1.29 is 4.39 Å². The first-order valence-corrected chi connectivity index (χ1v) is 9.73. The Morgan fingerprint density at radius 2 is 1.92 bits per heavy atom. The number of hydrogen-bond acceptors (Lipinski definition) is 4. The average Bonchev–Trinajstić information content (AvgIpc) is 3.16. The van der Waals surface area contributed by atoms with Gasteiger partial charge in [0.1, 0.15) is 5.82 Å². The molecule has 136 valence electrons. The van der Waals surface area contributed by atoms with Crippen LogP contribution in [-0.4, -0.2) is 29.4 Å². The van der Waals surface area contributed by atoms with Crippen LogP contribution in [-0.2, 0) is 12.3 Å². The van der Waals surface area contributed by atoms with E-state index in [0.29, 0.717) is 5.17 Å². The molecule has 6 heteroatoms. The summed E-state index contributed by atoms with van der Waals surface area (Å²) < 4.78 is 13.6. The number of amidine groups is 1. The molecule has 2 aromatic carbocycles. The van der Waals surface area contributed by atoms with Gasteiger partial charge in [-0.3, -0.25) is 4.90 Å². The first kappa shape index (κ1) is 18.6. The second-order valence-corrected chi connectivity index (χ2v) is 7.28. The highest BCUT2D eigenvalue weighted by Crippen LogP contribution is 2.17. The molecule has 3 rings (SSSR count). The van der Waals surface area contributed by atoms with Crippen LogP contribution < -0.4 is 5.73 Å². The lowest BCUT2D eigenvalue weighted by Crippen LogP contribution is -2.19. The maximum atomic E-state index is 13.6. The predicted molar refractivity (Wildman–Crippen MR) is 108 cm³/mol. The summed E-state index contributed by atoms with van der Waals surface area (Å²) in [5.41, 5.74) is 8.91. The van der Waals surface area contributed by atoms with Gasteiger partial charge in [0.2, 0.25) is 0 Å². The molecule has 1 saturated heterocycles. The molecule has 1 aliphatic rings. The maximum absolute atomic E-state index is 13.6. The third kappa shape index (κ3) is 5.68. The van der Waals surface area contributed by atoms with Gasteiger partial charge in [0.05, 0.1) is 6.21 Å². The molecule has 0 spiro atoms. The van der Waals surface area contributed by atoms with E-state index in [1.54, 1.807) is 18.3 Å². The number of halogens is 1. The summed E-state index contributed by atoms with van der Waals surface area (Å²) >= 11 is 1.44. The minimum Gasteiger partial charge on any atom is -0.377 e. The van der Waals surface area contributed by atoms with Crippen LogP contribution in [0.4, 0.5) is 4.39 Å². The summed E-state index contributed by atoms with van der Waals surface area (Å²) in [5, 5.41) is 8.55. The lowest BCUT2D eigenvalue weighted by atomic mass is 10.1. The molecule has 0 saturated carbocycles. The van der Waals surface area contributed by atoms with Crippen LogP contribution in [0.15, 0.2) is 58.7 Å². The molecule has 2 aromatic rings. The molecule has 0 aliphatic carbocycles. The molecular weight excluding hydrogens is 347 g/mol. The fraction of sp³-hybridized carbons (Fsp3) is 0.300. The number of thioether (sulfide) groups is 1. The minimum absolute atomic E-state index is 0.224. The molecule has 0 radical (unpaired) electrons. The van der Waals surface area contributed by atoms with Crippen LogP contribution in [0, 0.1) is 5.82 Å². The van der Waals surface area contributed by atoms with E-state index in [1.165, 1.54) is 36.2 Å². The van der Waals surface area contributed by atoms with Gasteiger partial charge in [-0.25, -0.2) is 4.39 Å². The highest BCUT2D eigenvalue weighted by atomic mass is 32.2. The van der Waals surface area contributed by atoms with Crippen molar-refractivity contribution in [2.75, 3.05) is 13.1 Å². The van der Waals surface area contributed by atoms with Crippen molar-refractivity contribution in [3.8, 4) is 0 Å². The van der Waals surface area contributed by atoms with Crippen molar-refractivity contribution in [1.82, 2.24) is 4.90 Å². The Morgan fingerprint density at radius 1 is 1.15 bits per heavy atom. The molecular formula is C20H23FN4S. The second-order valence-electron chi connectivity index (χ2n) is 6.28. The topological polar surface area (TPSA) is 54.0 Å². The van der Waals surface area contributed by atoms with Gasteiger partial charge in [-0.05, 0) is 54.8 Å². The van der Waals surface area contributed by atoms with Crippen molar-refractivity contribution in [3.63, 3.8) is 0 Å². The van der Waals surface area contributed by atoms with Crippen molar-refractivity contribution in [2.45, 2.75) is 25.1 Å². The average molecular weight is 370 g/mol. The Kier molecular flexibility index (Phi) is 6.80. The SMILES string of the molecule is NC(=NN=Cc1ccc(F)cc1CN1CCCC1)SCc1ccccc1. The molecule has 0 unspecified atom stereocenters. The molecule has 1 fully saturated rings. The summed E-state index contributed by atoms with van der Waals surface area (Å²) in [7, 11) is 0. The van der Waals surface area contributed by atoms with Crippen molar-refractivity contribution in [3.05, 3.63) is 71.0 Å². The van der Waals surface area contributed by atoms with Crippen molar-refractivity contribution in [2.24, 2.45) is 15.9 Å². The number of nitrogens with zero attached hydrogens (tertiary/aromatic N) is 3. The normalized spacial score (nSPS) is 15.8. The number of benzene rings is 2. The zero-order chi connectivity index (χ0) is 18.2. The van der Waals surface area contributed by atoms with Crippen LogP contribution in [0.25, 0.3) is 0 Å². The van der Waals surface area contributed by atoms with Gasteiger partial charge in [0.15, 0.2) is 5.17 Å². The van der Waals surface area contributed by atoms with E-state index in [1.807, 2.05) is 30.3 Å². The first-order chi connectivity index (χ1) is 12.7. The van der Waals surface area contributed by atoms with Crippen LogP contribution in [0.3, 0.4) is 0 Å². The first-order valence-electron chi connectivity index (χ1n) is 8.75. The van der Waals surface area contributed by atoms with Crippen molar-refractivity contribution >= 4 is 23.1 Å². The number of rotatable bonds is 6. The summed E-state index contributed by atoms with van der Waals surface area (Å²) in [6.07, 6.45) is 4.07. The highest BCUT2D eigenvalue weighted by Gasteiger charge is 2.13. The van der Waals surface area contributed by atoms with E-state index in [-0.39, 0.29) is 5.82 Å². The lowest BCUT2D eigenvalue weighted by molar-refractivity contribution is 0.330. The van der Waals surface area contributed by atoms with E-state index in [0.717, 1.165) is 36.5 Å². The summed E-state index contributed by atoms with van der Waals surface area (Å²) in [5.74, 6) is 0.528. The highest BCUT2D eigenvalue weighted by molar-refractivity contribution is 8.13. The van der Waals surface area contributed by atoms with Gasteiger partial charge in [0, 0.05) is 12.3 Å². The zero-order valence-corrected chi connectivity index (χ0v) is 15.5. The van der Waals surface area contributed by atoms with Gasteiger partial charge in [0.25, 0.3) is 0 Å². The van der Waals surface area contributed by atoms with Crippen LogP contribution in [0.2, 0.25) is 0 Å². The zero-order valence-electron chi connectivity index (χ0n) is 14.6. The maximum Gasteiger partial charge on any atom is 0.180 e. The fourth-order valence-corrected chi connectivity index (χ4v) is 3.54. The second kappa shape index (κ2) is 9.50. The standard InChI is InChI=1S/C20H23FN4S/c21-19-9-8-17(18(12-19)14-25-10-4-5-11-25)13-23-24-20(22)26-15-16-6-2-1-3-7-16/h1-3,6-9,12-13H,4-5,10-11,14-15H2,(H2,22,24). The van der Waals surface area contributed by atoms with E-state index in [2.05, 4.69) is 15.1 Å². The molecule has 0 atom stereocenters. The smallest absolute Gasteiger partial charge is 0.180 e. The summed E-state index contributed by atoms with van der Waals surface area (Å²) in [6, 6.07) is 14.9. The van der Waals surface area contributed by atoms with E-state index >= 15 is 0 Å². The number of hydrogen-bond donors (Lipinski definition) is 1. The van der Waals surface area contributed by atoms with Gasteiger partial charge < -0.3 is 5.73 Å². The molecule has 1 heterocycles. The van der Waals surface area contributed by atoms with Gasteiger partial charge >= 0.3 is 0 Å². The number of nitrogens with two attached hydrogens (primary N) is 1. The van der Waals surface area contributed by atoms with Gasteiger partial charge in [-0.1, -0.05) is 48.2 Å². The predicted octanol–water partition coefficient (Wildman–Crippen LogP) is 4.00. The monoisotopic (exact) mass is 370 g/mol. The van der Waals surface area contributed by atoms with Crippen molar-refractivity contribution in [1.29, 1.82) is 0 Å². The third-order valence-corrected chi connectivity index (χ3v) is 5.14. The fourth-order valence-electron chi connectivity index (χ4n) is 2.93. The minimum atomic E-state index is -0.224. The molecule has 0 aromatic heterocycles. The summed E-state index contributed by atoms with van der Waals surface area (Å²) in [4.78, 5) is 2.33. The Balaban J connectivity index is 1.61. The lowest BCUT2D eigenvalue weighted by Gasteiger charge is -2.16. The van der Waals surface area contributed by atoms with Crippen LogP contribution in [0.5, 0.6) is 0 Å². The number of likely N-dealkylation sites (tertiary alicyclic amines) is 1. The van der Waals surface area contributed by atoms with Crippen LogP contribution >= 0.6 is 11.8 Å². The van der Waals surface area contributed by atoms with Crippen LogP contribution in [0.1, 0.15) is 29.5 Å². The Hall–Kier alpha value is -2.18. The molecule has 4 nitrogen and oxygen atoms in total. The van der Waals surface area contributed by atoms with E-state index in [4.69, 9.17) is 5.73 Å². The third-order valence-electron chi connectivity index (χ3n) is 4.28. The molecule has 0 amide bonds. The largest absolute Gasteiger partial charge is 0.377 e. The molecule has 0 bridgehead atoms.